The Balaban J connectivity index is 1.40. The molecule has 8 nitrogen and oxygen atoms in total. The van der Waals surface area contributed by atoms with Crippen LogP contribution in [0, 0.1) is 6.92 Å². The van der Waals surface area contributed by atoms with Gasteiger partial charge >= 0.3 is 0 Å². The van der Waals surface area contributed by atoms with Gasteiger partial charge in [0.2, 0.25) is 11.9 Å². The van der Waals surface area contributed by atoms with E-state index in [1.807, 2.05) is 18.0 Å². The number of aryl methyl sites for hydroxylation is 1. The molecule has 0 saturated carbocycles. The highest BCUT2D eigenvalue weighted by Crippen LogP contribution is 2.10. The normalized spacial score (nSPS) is 14.6. The van der Waals surface area contributed by atoms with E-state index in [0.717, 1.165) is 31.5 Å². The molecule has 1 aliphatic heterocycles. The van der Waals surface area contributed by atoms with Gasteiger partial charge in [0, 0.05) is 72.2 Å². The standard InChI is InChI=1S/C22H31N7O/c1-18-5-7-19(8-6-18)17-27(3)21(23-2)26-12-9-20(30)28-13-15-29(16-14-28)22-24-10-4-11-25-22/h4-8,10-11H,9,12-17H2,1-3H3,(H,23,26). The fourth-order valence-electron chi connectivity index (χ4n) is 3.48. The molecule has 1 aromatic carbocycles. The summed E-state index contributed by atoms with van der Waals surface area (Å²) in [5.41, 5.74) is 2.47. The highest BCUT2D eigenvalue weighted by molar-refractivity contribution is 5.81. The van der Waals surface area contributed by atoms with Gasteiger partial charge in [-0.1, -0.05) is 29.8 Å². The Kier molecular flexibility index (Phi) is 7.59. The molecule has 1 amide bonds. The van der Waals surface area contributed by atoms with Crippen LogP contribution in [0.1, 0.15) is 17.5 Å². The molecule has 0 radical (unpaired) electrons. The van der Waals surface area contributed by atoms with E-state index >= 15 is 0 Å². The average Bonchev–Trinajstić information content (AvgIpc) is 2.78. The molecule has 0 atom stereocenters. The van der Waals surface area contributed by atoms with Crippen LogP contribution >= 0.6 is 0 Å². The Morgan fingerprint density at radius 2 is 1.80 bits per heavy atom. The Bertz CT molecular complexity index is 830. The minimum absolute atomic E-state index is 0.160. The average molecular weight is 410 g/mol. The summed E-state index contributed by atoms with van der Waals surface area (Å²) in [6.45, 7) is 6.30. The number of hydrogen-bond donors (Lipinski definition) is 1. The molecular weight excluding hydrogens is 378 g/mol. The molecule has 1 saturated heterocycles. The van der Waals surface area contributed by atoms with Gasteiger partial charge in [-0.2, -0.15) is 0 Å². The summed E-state index contributed by atoms with van der Waals surface area (Å²) in [5, 5.41) is 3.30. The molecule has 1 fully saturated rings. The highest BCUT2D eigenvalue weighted by Gasteiger charge is 2.22. The molecule has 1 aromatic heterocycles. The van der Waals surface area contributed by atoms with Crippen molar-refractivity contribution in [1.29, 1.82) is 0 Å². The molecule has 2 heterocycles. The van der Waals surface area contributed by atoms with Crippen LogP contribution in [0.25, 0.3) is 0 Å². The number of nitrogens with one attached hydrogen (secondary N) is 1. The van der Waals surface area contributed by atoms with Crippen molar-refractivity contribution in [3.63, 3.8) is 0 Å². The van der Waals surface area contributed by atoms with E-state index in [9.17, 15) is 4.79 Å². The maximum atomic E-state index is 12.6. The minimum Gasteiger partial charge on any atom is -0.356 e. The summed E-state index contributed by atoms with van der Waals surface area (Å²) in [6, 6.07) is 10.3. The number of carbonyl (C=O) groups excluding carboxylic acids is 1. The lowest BCUT2D eigenvalue weighted by Crippen LogP contribution is -2.50. The summed E-state index contributed by atoms with van der Waals surface area (Å²) in [4.78, 5) is 31.6. The van der Waals surface area contributed by atoms with Gasteiger partial charge in [-0.25, -0.2) is 9.97 Å². The predicted molar refractivity (Wildman–Crippen MR) is 119 cm³/mol. The molecule has 0 aliphatic carbocycles. The van der Waals surface area contributed by atoms with E-state index in [1.54, 1.807) is 19.4 Å². The Hall–Kier alpha value is -3.16. The molecule has 3 rings (SSSR count). The number of guanidine groups is 1. The number of rotatable bonds is 6. The highest BCUT2D eigenvalue weighted by atomic mass is 16.2. The summed E-state index contributed by atoms with van der Waals surface area (Å²) in [5.74, 6) is 1.67. The van der Waals surface area contributed by atoms with Gasteiger partial charge in [-0.05, 0) is 18.6 Å². The number of aromatic nitrogens is 2. The SMILES string of the molecule is CN=C(NCCC(=O)N1CCN(c2ncccn2)CC1)N(C)Cc1ccc(C)cc1. The molecule has 2 aromatic rings. The minimum atomic E-state index is 0.160. The summed E-state index contributed by atoms with van der Waals surface area (Å²) >= 11 is 0. The first-order valence-corrected chi connectivity index (χ1v) is 10.3. The molecule has 1 N–H and O–H groups in total. The van der Waals surface area contributed by atoms with Gasteiger partial charge in [0.15, 0.2) is 5.96 Å². The number of piperazine rings is 1. The largest absolute Gasteiger partial charge is 0.356 e. The van der Waals surface area contributed by atoms with Crippen molar-refractivity contribution in [1.82, 2.24) is 25.1 Å². The summed E-state index contributed by atoms with van der Waals surface area (Å²) in [6.07, 6.45) is 3.93. The van der Waals surface area contributed by atoms with E-state index < -0.39 is 0 Å². The predicted octanol–water partition coefficient (Wildman–Crippen LogP) is 1.53. The Morgan fingerprint density at radius 3 is 2.43 bits per heavy atom. The van der Waals surface area contributed by atoms with Crippen LogP contribution in [-0.4, -0.2) is 78.5 Å². The second-order valence-electron chi connectivity index (χ2n) is 7.48. The van der Waals surface area contributed by atoms with E-state index in [-0.39, 0.29) is 5.91 Å². The first-order chi connectivity index (χ1) is 14.6. The number of carbonyl (C=O) groups is 1. The van der Waals surface area contributed by atoms with Crippen molar-refractivity contribution in [3.8, 4) is 0 Å². The number of amides is 1. The first-order valence-electron chi connectivity index (χ1n) is 10.3. The van der Waals surface area contributed by atoms with Crippen LogP contribution in [0.5, 0.6) is 0 Å². The zero-order chi connectivity index (χ0) is 21.3. The van der Waals surface area contributed by atoms with Crippen molar-refractivity contribution in [3.05, 3.63) is 53.9 Å². The number of benzene rings is 1. The lowest BCUT2D eigenvalue weighted by molar-refractivity contribution is -0.131. The topological polar surface area (TPSA) is 77.0 Å². The second kappa shape index (κ2) is 10.6. The molecule has 0 unspecified atom stereocenters. The third-order valence-corrected chi connectivity index (χ3v) is 5.20. The third kappa shape index (κ3) is 5.92. The summed E-state index contributed by atoms with van der Waals surface area (Å²) < 4.78 is 0. The molecule has 0 bridgehead atoms. The third-order valence-electron chi connectivity index (χ3n) is 5.20. The number of aliphatic imine (C=N–C) groups is 1. The van der Waals surface area contributed by atoms with E-state index in [1.165, 1.54) is 11.1 Å². The fraction of sp³-hybridized carbons (Fsp3) is 0.455. The Morgan fingerprint density at radius 1 is 1.13 bits per heavy atom. The van der Waals surface area contributed by atoms with E-state index in [2.05, 4.69) is 61.3 Å². The van der Waals surface area contributed by atoms with Gasteiger partial charge in [0.1, 0.15) is 0 Å². The van der Waals surface area contributed by atoms with Crippen molar-refractivity contribution < 1.29 is 4.79 Å². The number of hydrogen-bond acceptors (Lipinski definition) is 5. The number of nitrogens with zero attached hydrogens (tertiary/aromatic N) is 6. The van der Waals surface area contributed by atoms with Gasteiger partial charge in [0.25, 0.3) is 0 Å². The van der Waals surface area contributed by atoms with E-state index in [4.69, 9.17) is 0 Å². The smallest absolute Gasteiger partial charge is 0.225 e. The lowest BCUT2D eigenvalue weighted by Gasteiger charge is -2.34. The van der Waals surface area contributed by atoms with Crippen LogP contribution in [0.3, 0.4) is 0 Å². The van der Waals surface area contributed by atoms with E-state index in [0.29, 0.717) is 26.1 Å². The first kappa shape index (κ1) is 21.5. The van der Waals surface area contributed by atoms with Crippen LogP contribution < -0.4 is 10.2 Å². The Labute approximate surface area is 178 Å². The molecule has 1 aliphatic rings. The summed E-state index contributed by atoms with van der Waals surface area (Å²) in [7, 11) is 3.77. The van der Waals surface area contributed by atoms with Crippen LogP contribution in [0.2, 0.25) is 0 Å². The molecule has 8 heteroatoms. The molecule has 160 valence electrons. The second-order valence-corrected chi connectivity index (χ2v) is 7.48. The van der Waals surface area contributed by atoms with Gasteiger partial charge in [-0.3, -0.25) is 9.79 Å². The maximum Gasteiger partial charge on any atom is 0.225 e. The maximum absolute atomic E-state index is 12.6. The van der Waals surface area contributed by atoms with Gasteiger partial charge in [-0.15, -0.1) is 0 Å². The van der Waals surface area contributed by atoms with Crippen molar-refractivity contribution in [2.45, 2.75) is 19.9 Å². The van der Waals surface area contributed by atoms with Crippen molar-refractivity contribution in [2.24, 2.45) is 4.99 Å². The van der Waals surface area contributed by atoms with Crippen LogP contribution in [0.15, 0.2) is 47.7 Å². The molecule has 0 spiro atoms. The fourth-order valence-corrected chi connectivity index (χ4v) is 3.48. The molecule has 30 heavy (non-hydrogen) atoms. The number of anilines is 1. The van der Waals surface area contributed by atoms with Crippen LogP contribution in [-0.2, 0) is 11.3 Å². The quantitative estimate of drug-likeness (QED) is 0.576. The monoisotopic (exact) mass is 409 g/mol. The van der Waals surface area contributed by atoms with Crippen molar-refractivity contribution in [2.75, 3.05) is 51.7 Å². The zero-order valence-electron chi connectivity index (χ0n) is 18.1. The van der Waals surface area contributed by atoms with Crippen LogP contribution in [0.4, 0.5) is 5.95 Å². The lowest BCUT2D eigenvalue weighted by atomic mass is 10.1. The zero-order valence-corrected chi connectivity index (χ0v) is 18.1. The van der Waals surface area contributed by atoms with Crippen molar-refractivity contribution >= 4 is 17.8 Å². The molecular formula is C22H31N7O. The van der Waals surface area contributed by atoms with Gasteiger partial charge < -0.3 is 20.0 Å². The van der Waals surface area contributed by atoms with Gasteiger partial charge in [0.05, 0.1) is 0 Å².